The minimum atomic E-state index is 0.278. The van der Waals surface area contributed by atoms with Gasteiger partial charge < -0.3 is 5.32 Å². The molecular weight excluding hydrogens is 296 g/mol. The molecule has 0 fully saturated rings. The number of hydrogen-bond acceptors (Lipinski definition) is 4. The van der Waals surface area contributed by atoms with Crippen molar-refractivity contribution in [3.63, 3.8) is 0 Å². The predicted molar refractivity (Wildman–Crippen MR) is 96.0 cm³/mol. The van der Waals surface area contributed by atoms with Gasteiger partial charge in [0.2, 0.25) is 0 Å². The molecule has 2 aromatic rings. The summed E-state index contributed by atoms with van der Waals surface area (Å²) in [7, 11) is 0. The molecule has 114 valence electrons. The summed E-state index contributed by atoms with van der Waals surface area (Å²) in [5.74, 6) is 0.986. The molecule has 0 aliphatic carbocycles. The second-order valence-electron chi connectivity index (χ2n) is 5.93. The van der Waals surface area contributed by atoms with E-state index in [1.165, 1.54) is 21.1 Å². The van der Waals surface area contributed by atoms with Crippen LogP contribution in [0.25, 0.3) is 10.4 Å². The minimum Gasteiger partial charge on any atom is -0.311 e. The third-order valence-electron chi connectivity index (χ3n) is 2.95. The molecule has 21 heavy (non-hydrogen) atoms. The molecule has 0 atom stereocenters. The first kappa shape index (κ1) is 16.5. The molecule has 0 saturated heterocycles. The molecule has 0 amide bonds. The topological polar surface area (TPSA) is 24.9 Å². The van der Waals surface area contributed by atoms with Crippen LogP contribution in [0.4, 0.5) is 0 Å². The maximum absolute atomic E-state index is 4.86. The summed E-state index contributed by atoms with van der Waals surface area (Å²) in [6, 6.07) is 10.6. The van der Waals surface area contributed by atoms with Gasteiger partial charge in [0.15, 0.2) is 0 Å². The highest BCUT2D eigenvalue weighted by atomic mass is 32.2. The van der Waals surface area contributed by atoms with Gasteiger partial charge >= 0.3 is 0 Å². The predicted octanol–water partition coefficient (Wildman–Crippen LogP) is 4.95. The molecule has 0 spiro atoms. The van der Waals surface area contributed by atoms with E-state index in [1.807, 2.05) is 23.1 Å². The third-order valence-corrected chi connectivity index (χ3v) is 5.56. The van der Waals surface area contributed by atoms with Crippen molar-refractivity contribution in [1.82, 2.24) is 10.3 Å². The summed E-state index contributed by atoms with van der Waals surface area (Å²) in [5, 5.41) is 4.62. The maximum Gasteiger partial charge on any atom is 0.103 e. The van der Waals surface area contributed by atoms with Crippen molar-refractivity contribution in [2.45, 2.75) is 44.7 Å². The number of aromatic nitrogens is 1. The van der Waals surface area contributed by atoms with Crippen molar-refractivity contribution in [2.75, 3.05) is 6.54 Å². The minimum absolute atomic E-state index is 0.278. The Hall–Kier alpha value is -0.840. The van der Waals surface area contributed by atoms with Crippen LogP contribution in [0.2, 0.25) is 0 Å². The molecule has 0 aliphatic heterocycles. The molecule has 1 aromatic heterocycles. The largest absolute Gasteiger partial charge is 0.311 e. The number of benzene rings is 1. The Balaban J connectivity index is 2.23. The highest BCUT2D eigenvalue weighted by molar-refractivity contribution is 7.99. The normalized spacial score (nSPS) is 11.8. The van der Waals surface area contributed by atoms with Crippen molar-refractivity contribution in [3.05, 3.63) is 41.0 Å². The second-order valence-corrected chi connectivity index (χ2v) is 8.82. The lowest BCUT2D eigenvalue weighted by molar-refractivity contribution is 0.714. The average Bonchev–Trinajstić information content (AvgIpc) is 2.86. The Morgan fingerprint density at radius 1 is 1.19 bits per heavy atom. The maximum atomic E-state index is 4.86. The van der Waals surface area contributed by atoms with Gasteiger partial charge in [-0.25, -0.2) is 4.98 Å². The van der Waals surface area contributed by atoms with Gasteiger partial charge in [-0.05, 0) is 12.1 Å². The number of hydrogen-bond donors (Lipinski definition) is 1. The number of nitrogens with one attached hydrogen (secondary N) is 1. The van der Waals surface area contributed by atoms with Gasteiger partial charge in [0.1, 0.15) is 5.01 Å². The first-order valence-electron chi connectivity index (χ1n) is 7.38. The van der Waals surface area contributed by atoms with Crippen LogP contribution in [0.5, 0.6) is 0 Å². The Morgan fingerprint density at radius 3 is 2.52 bits per heavy atom. The van der Waals surface area contributed by atoms with E-state index >= 15 is 0 Å². The summed E-state index contributed by atoms with van der Waals surface area (Å²) in [6.07, 6.45) is 0. The molecular formula is C17H24N2S2. The SMILES string of the molecule is CCNCc1nc(CSC(C)(C)C)sc1-c1ccccc1. The molecule has 2 rings (SSSR count). The molecule has 0 radical (unpaired) electrons. The van der Waals surface area contributed by atoms with E-state index in [9.17, 15) is 0 Å². The monoisotopic (exact) mass is 320 g/mol. The smallest absolute Gasteiger partial charge is 0.103 e. The summed E-state index contributed by atoms with van der Waals surface area (Å²) in [4.78, 5) is 6.17. The highest BCUT2D eigenvalue weighted by Gasteiger charge is 2.16. The zero-order valence-corrected chi connectivity index (χ0v) is 14.9. The standard InChI is InChI=1S/C17H24N2S2/c1-5-18-11-14-16(13-9-7-6-8-10-13)21-15(19-14)12-20-17(2,3)4/h6-10,18H,5,11-12H2,1-4H3. The second kappa shape index (κ2) is 7.43. The van der Waals surface area contributed by atoms with Crippen LogP contribution in [0.1, 0.15) is 38.4 Å². The van der Waals surface area contributed by atoms with Gasteiger partial charge in [0, 0.05) is 17.0 Å². The van der Waals surface area contributed by atoms with Crippen LogP contribution in [-0.2, 0) is 12.3 Å². The van der Waals surface area contributed by atoms with Gasteiger partial charge in [0.25, 0.3) is 0 Å². The number of thiazole rings is 1. The highest BCUT2D eigenvalue weighted by Crippen LogP contribution is 2.34. The van der Waals surface area contributed by atoms with Crippen molar-refractivity contribution in [1.29, 1.82) is 0 Å². The third kappa shape index (κ3) is 5.13. The van der Waals surface area contributed by atoms with Gasteiger partial charge in [-0.2, -0.15) is 0 Å². The summed E-state index contributed by atoms with van der Waals surface area (Å²) in [5.41, 5.74) is 2.45. The molecule has 2 nitrogen and oxygen atoms in total. The number of nitrogens with zero attached hydrogens (tertiary/aromatic N) is 1. The molecule has 0 aliphatic rings. The Morgan fingerprint density at radius 2 is 1.90 bits per heavy atom. The van der Waals surface area contributed by atoms with Crippen molar-refractivity contribution in [2.24, 2.45) is 0 Å². The van der Waals surface area contributed by atoms with Crippen molar-refractivity contribution < 1.29 is 0 Å². The Labute approximate surface area is 136 Å². The summed E-state index contributed by atoms with van der Waals surface area (Å²) >= 11 is 3.79. The fraction of sp³-hybridized carbons (Fsp3) is 0.471. The van der Waals surface area contributed by atoms with Crippen LogP contribution in [0.3, 0.4) is 0 Å². The molecule has 1 heterocycles. The van der Waals surface area contributed by atoms with E-state index in [0.29, 0.717) is 0 Å². The number of thioether (sulfide) groups is 1. The molecule has 0 saturated carbocycles. The molecule has 4 heteroatoms. The average molecular weight is 321 g/mol. The lowest BCUT2D eigenvalue weighted by Gasteiger charge is -2.16. The zero-order valence-electron chi connectivity index (χ0n) is 13.3. The van der Waals surface area contributed by atoms with Gasteiger partial charge in [0.05, 0.1) is 10.6 Å². The molecule has 1 aromatic carbocycles. The Kier molecular flexibility index (Phi) is 5.85. The van der Waals surface area contributed by atoms with Crippen LogP contribution < -0.4 is 5.32 Å². The number of rotatable bonds is 6. The van der Waals surface area contributed by atoms with Crippen LogP contribution in [-0.4, -0.2) is 16.3 Å². The zero-order chi connectivity index (χ0) is 15.3. The van der Waals surface area contributed by atoms with Crippen molar-refractivity contribution >= 4 is 23.1 Å². The first-order valence-corrected chi connectivity index (χ1v) is 9.18. The lowest BCUT2D eigenvalue weighted by atomic mass is 10.1. The van der Waals surface area contributed by atoms with Crippen molar-refractivity contribution in [3.8, 4) is 10.4 Å². The summed E-state index contributed by atoms with van der Waals surface area (Å²) < 4.78 is 0.278. The fourth-order valence-corrected chi connectivity index (χ4v) is 3.83. The lowest BCUT2D eigenvalue weighted by Crippen LogP contribution is -2.12. The molecule has 1 N–H and O–H groups in total. The van der Waals surface area contributed by atoms with E-state index in [0.717, 1.165) is 18.8 Å². The van der Waals surface area contributed by atoms with E-state index in [2.05, 4.69) is 63.3 Å². The molecule has 0 unspecified atom stereocenters. The van der Waals surface area contributed by atoms with Crippen LogP contribution in [0.15, 0.2) is 30.3 Å². The Bertz CT molecular complexity index is 556. The van der Waals surface area contributed by atoms with Gasteiger partial charge in [-0.15, -0.1) is 23.1 Å². The van der Waals surface area contributed by atoms with E-state index in [1.54, 1.807) is 0 Å². The van der Waals surface area contributed by atoms with E-state index in [4.69, 9.17) is 4.98 Å². The van der Waals surface area contributed by atoms with Crippen LogP contribution >= 0.6 is 23.1 Å². The fourth-order valence-electron chi connectivity index (χ4n) is 1.92. The first-order chi connectivity index (χ1) is 9.99. The van der Waals surface area contributed by atoms with Gasteiger partial charge in [-0.1, -0.05) is 58.0 Å². The quantitative estimate of drug-likeness (QED) is 0.815. The van der Waals surface area contributed by atoms with E-state index in [-0.39, 0.29) is 4.75 Å². The van der Waals surface area contributed by atoms with Gasteiger partial charge in [-0.3, -0.25) is 0 Å². The summed E-state index contributed by atoms with van der Waals surface area (Å²) in [6.45, 7) is 10.7. The van der Waals surface area contributed by atoms with E-state index < -0.39 is 0 Å². The molecule has 0 bridgehead atoms. The van der Waals surface area contributed by atoms with Crippen LogP contribution in [0, 0.1) is 0 Å².